The molecule has 0 saturated heterocycles. The highest BCUT2D eigenvalue weighted by molar-refractivity contribution is 6.30. The van der Waals surface area contributed by atoms with Crippen LogP contribution in [0.5, 0.6) is 0 Å². The molecule has 158 valence electrons. The molecule has 8 heteroatoms. The zero-order valence-corrected chi connectivity index (χ0v) is 17.0. The van der Waals surface area contributed by atoms with Gasteiger partial charge in [-0.15, -0.1) is 0 Å². The summed E-state index contributed by atoms with van der Waals surface area (Å²) in [7, 11) is 0. The average Bonchev–Trinajstić information content (AvgIpc) is 3.28. The van der Waals surface area contributed by atoms with E-state index in [0.717, 1.165) is 28.6 Å². The van der Waals surface area contributed by atoms with Crippen molar-refractivity contribution < 1.29 is 17.7 Å². The molecule has 2 heterocycles. The number of hydrogen-bond donors (Lipinski definition) is 0. The maximum absolute atomic E-state index is 12.8. The van der Waals surface area contributed by atoms with Crippen molar-refractivity contribution in [3.05, 3.63) is 89.4 Å². The molecule has 5 rings (SSSR count). The minimum absolute atomic E-state index is 0.197. The smallest absolute Gasteiger partial charge is 0.334 e. The first kappa shape index (κ1) is 20.2. The summed E-state index contributed by atoms with van der Waals surface area (Å²) in [6.07, 6.45) is -4.41. The first-order chi connectivity index (χ1) is 15.4. The van der Waals surface area contributed by atoms with Crippen LogP contribution >= 0.6 is 11.6 Å². The van der Waals surface area contributed by atoms with Crippen LogP contribution < -0.4 is 0 Å². The second kappa shape index (κ2) is 7.76. The van der Waals surface area contributed by atoms with Crippen molar-refractivity contribution in [3.8, 4) is 34.1 Å². The van der Waals surface area contributed by atoms with Gasteiger partial charge in [0.15, 0.2) is 0 Å². The largest absolute Gasteiger partial charge is 0.416 e. The molecule has 32 heavy (non-hydrogen) atoms. The highest BCUT2D eigenvalue weighted by atomic mass is 35.5. The maximum atomic E-state index is 12.8. The van der Waals surface area contributed by atoms with Crippen molar-refractivity contribution in [3.63, 3.8) is 0 Å². The Morgan fingerprint density at radius 3 is 2.19 bits per heavy atom. The van der Waals surface area contributed by atoms with Gasteiger partial charge in [-0.05, 0) is 36.4 Å². The molecule has 0 aliphatic carbocycles. The second-order valence-corrected chi connectivity index (χ2v) is 7.51. The summed E-state index contributed by atoms with van der Waals surface area (Å²) in [6.45, 7) is 0. The summed E-state index contributed by atoms with van der Waals surface area (Å²) in [6, 6.07) is 21.3. The Bertz CT molecular complexity index is 1410. The third kappa shape index (κ3) is 3.83. The van der Waals surface area contributed by atoms with Gasteiger partial charge < -0.3 is 4.52 Å². The molecule has 0 atom stereocenters. The van der Waals surface area contributed by atoms with Gasteiger partial charge in [0, 0.05) is 21.5 Å². The normalized spacial score (nSPS) is 11.8. The van der Waals surface area contributed by atoms with Crippen molar-refractivity contribution in [2.45, 2.75) is 6.18 Å². The van der Waals surface area contributed by atoms with Crippen molar-refractivity contribution in [2.24, 2.45) is 0 Å². The number of rotatable bonds is 3. The van der Waals surface area contributed by atoms with Gasteiger partial charge in [-0.2, -0.15) is 18.2 Å². The van der Waals surface area contributed by atoms with Crippen LogP contribution in [0.1, 0.15) is 5.56 Å². The van der Waals surface area contributed by atoms with E-state index in [2.05, 4.69) is 10.1 Å². The lowest BCUT2D eigenvalue weighted by molar-refractivity contribution is -0.137. The van der Waals surface area contributed by atoms with Crippen molar-refractivity contribution >= 4 is 22.5 Å². The van der Waals surface area contributed by atoms with Crippen LogP contribution in [-0.2, 0) is 6.18 Å². The minimum atomic E-state index is -4.41. The summed E-state index contributed by atoms with van der Waals surface area (Å²) in [4.78, 5) is 9.15. The average molecular weight is 452 g/mol. The number of aromatic nitrogens is 3. The second-order valence-electron chi connectivity index (χ2n) is 7.08. The molecule has 2 aromatic heterocycles. The Morgan fingerprint density at radius 2 is 1.47 bits per heavy atom. The lowest BCUT2D eigenvalue weighted by Crippen LogP contribution is -2.04. The van der Waals surface area contributed by atoms with Gasteiger partial charge in [0.2, 0.25) is 5.82 Å². The van der Waals surface area contributed by atoms with E-state index in [1.165, 1.54) is 12.1 Å². The van der Waals surface area contributed by atoms with Crippen LogP contribution in [0.15, 0.2) is 83.4 Å². The van der Waals surface area contributed by atoms with Gasteiger partial charge in [-0.1, -0.05) is 59.2 Å². The molecule has 3 aromatic carbocycles. The number of hydrogen-bond acceptors (Lipinski definition) is 4. The lowest BCUT2D eigenvalue weighted by atomic mass is 10.0. The van der Waals surface area contributed by atoms with E-state index in [9.17, 15) is 13.2 Å². The molecule has 0 saturated carbocycles. The molecular formula is C24H13ClF3N3O. The van der Waals surface area contributed by atoms with E-state index >= 15 is 0 Å². The first-order valence-corrected chi connectivity index (χ1v) is 9.94. The molecule has 0 aliphatic heterocycles. The zero-order chi connectivity index (χ0) is 22.3. The molecule has 0 bridgehead atoms. The summed E-state index contributed by atoms with van der Waals surface area (Å²) in [5, 5.41) is 5.40. The predicted octanol–water partition coefficient (Wildman–Crippen LogP) is 7.29. The SMILES string of the molecule is FC(F)(F)c1ccc(-c2noc(-c3cc(-c4ccc(Cl)cc4)nc4ccccc34)n2)cc1. The Labute approximate surface area is 185 Å². The summed E-state index contributed by atoms with van der Waals surface area (Å²) < 4.78 is 44.0. The number of pyridine rings is 1. The van der Waals surface area contributed by atoms with Gasteiger partial charge in [0.05, 0.1) is 22.3 Å². The minimum Gasteiger partial charge on any atom is -0.334 e. The third-order valence-electron chi connectivity index (χ3n) is 4.98. The Morgan fingerprint density at radius 1 is 0.781 bits per heavy atom. The summed E-state index contributed by atoms with van der Waals surface area (Å²) in [5.41, 5.74) is 2.66. The fourth-order valence-electron chi connectivity index (χ4n) is 3.38. The van der Waals surface area contributed by atoms with E-state index in [0.29, 0.717) is 21.8 Å². The van der Waals surface area contributed by atoms with Crippen LogP contribution in [0, 0.1) is 0 Å². The maximum Gasteiger partial charge on any atom is 0.416 e. The van der Waals surface area contributed by atoms with Crippen LogP contribution in [0.2, 0.25) is 5.02 Å². The monoisotopic (exact) mass is 451 g/mol. The molecule has 4 nitrogen and oxygen atoms in total. The van der Waals surface area contributed by atoms with Crippen molar-refractivity contribution in [2.75, 3.05) is 0 Å². The van der Waals surface area contributed by atoms with Crippen molar-refractivity contribution in [1.29, 1.82) is 0 Å². The molecular weight excluding hydrogens is 439 g/mol. The van der Waals surface area contributed by atoms with Gasteiger partial charge >= 0.3 is 6.18 Å². The molecule has 0 aliphatic rings. The number of para-hydroxylation sites is 1. The highest BCUT2D eigenvalue weighted by Gasteiger charge is 2.30. The molecule has 0 unspecified atom stereocenters. The standard InChI is InChI=1S/C24H13ClF3N3O/c25-17-11-7-14(8-12-17)21-13-19(18-3-1-2-4-20(18)29-21)23-30-22(31-32-23)15-5-9-16(10-6-15)24(26,27)28/h1-13H. The molecule has 0 fully saturated rings. The fraction of sp³-hybridized carbons (Fsp3) is 0.0417. The molecule has 5 aromatic rings. The number of benzene rings is 3. The van der Waals surface area contributed by atoms with Gasteiger partial charge in [0.25, 0.3) is 5.89 Å². The zero-order valence-electron chi connectivity index (χ0n) is 16.3. The Hall–Kier alpha value is -3.71. The van der Waals surface area contributed by atoms with Crippen LogP contribution in [0.25, 0.3) is 45.0 Å². The van der Waals surface area contributed by atoms with Gasteiger partial charge in [0.1, 0.15) is 0 Å². The molecule has 0 N–H and O–H groups in total. The summed E-state index contributed by atoms with van der Waals surface area (Å²) >= 11 is 6.00. The van der Waals surface area contributed by atoms with E-state index in [1.807, 2.05) is 42.5 Å². The first-order valence-electron chi connectivity index (χ1n) is 9.56. The van der Waals surface area contributed by atoms with E-state index in [-0.39, 0.29) is 11.7 Å². The molecule has 0 amide bonds. The number of nitrogens with zero attached hydrogens (tertiary/aromatic N) is 3. The number of fused-ring (bicyclic) bond motifs is 1. The van der Waals surface area contributed by atoms with Crippen LogP contribution in [0.4, 0.5) is 13.2 Å². The van der Waals surface area contributed by atoms with Crippen LogP contribution in [0.3, 0.4) is 0 Å². The van der Waals surface area contributed by atoms with E-state index in [1.54, 1.807) is 12.1 Å². The number of halogens is 4. The quantitative estimate of drug-likeness (QED) is 0.289. The third-order valence-corrected chi connectivity index (χ3v) is 5.24. The van der Waals surface area contributed by atoms with E-state index in [4.69, 9.17) is 21.1 Å². The highest BCUT2D eigenvalue weighted by Crippen LogP contribution is 2.34. The van der Waals surface area contributed by atoms with Gasteiger partial charge in [-0.3, -0.25) is 0 Å². The molecule has 0 spiro atoms. The Balaban J connectivity index is 1.59. The topological polar surface area (TPSA) is 51.8 Å². The molecule has 0 radical (unpaired) electrons. The Kier molecular flexibility index (Phi) is 4.90. The number of alkyl halides is 3. The van der Waals surface area contributed by atoms with Crippen molar-refractivity contribution in [1.82, 2.24) is 15.1 Å². The lowest BCUT2D eigenvalue weighted by Gasteiger charge is -2.07. The predicted molar refractivity (Wildman–Crippen MR) is 116 cm³/mol. The summed E-state index contributed by atoms with van der Waals surface area (Å²) in [5.74, 6) is 0.441. The fourth-order valence-corrected chi connectivity index (χ4v) is 3.51. The van der Waals surface area contributed by atoms with E-state index < -0.39 is 11.7 Å². The van der Waals surface area contributed by atoms with Gasteiger partial charge in [-0.25, -0.2) is 4.98 Å². The van der Waals surface area contributed by atoms with Crippen LogP contribution in [-0.4, -0.2) is 15.1 Å².